The maximum absolute atomic E-state index is 13.6. The number of carbonyl (C=O) groups excluding carboxylic acids is 2. The average Bonchev–Trinajstić information content (AvgIpc) is 3.23. The standard InChI is InChI=1S/C23H28FN3O2S/c24-20-11-5-4-10-19(20)17-30-15-14-25-21(28)23(12-6-7-13-23)27-22(29)26-16-18-8-2-1-3-9-18/h1-5,8-11H,6-7,12-17H2,(H,25,28)(H2,26,27,29). The summed E-state index contributed by atoms with van der Waals surface area (Å²) < 4.78 is 13.6. The van der Waals surface area contributed by atoms with Gasteiger partial charge in [-0.2, -0.15) is 11.8 Å². The van der Waals surface area contributed by atoms with Gasteiger partial charge in [-0.05, 0) is 30.0 Å². The molecule has 160 valence electrons. The third-order valence-corrected chi connectivity index (χ3v) is 6.30. The van der Waals surface area contributed by atoms with Crippen LogP contribution < -0.4 is 16.0 Å². The lowest BCUT2D eigenvalue weighted by molar-refractivity contribution is -0.127. The molecule has 0 aromatic heterocycles. The molecule has 3 rings (SSSR count). The minimum atomic E-state index is -0.850. The highest BCUT2D eigenvalue weighted by molar-refractivity contribution is 7.98. The van der Waals surface area contributed by atoms with E-state index in [1.807, 2.05) is 36.4 Å². The molecule has 3 N–H and O–H groups in total. The fraction of sp³-hybridized carbons (Fsp3) is 0.391. The van der Waals surface area contributed by atoms with E-state index in [1.54, 1.807) is 23.9 Å². The van der Waals surface area contributed by atoms with E-state index in [4.69, 9.17) is 0 Å². The molecule has 1 fully saturated rings. The molecular weight excluding hydrogens is 401 g/mol. The average molecular weight is 430 g/mol. The van der Waals surface area contributed by atoms with Gasteiger partial charge in [0.05, 0.1) is 0 Å². The lowest BCUT2D eigenvalue weighted by atomic mass is 9.96. The lowest BCUT2D eigenvalue weighted by Gasteiger charge is -2.29. The molecule has 1 aliphatic carbocycles. The van der Waals surface area contributed by atoms with Gasteiger partial charge in [-0.3, -0.25) is 4.79 Å². The molecule has 0 heterocycles. The van der Waals surface area contributed by atoms with E-state index in [9.17, 15) is 14.0 Å². The number of thioether (sulfide) groups is 1. The van der Waals surface area contributed by atoms with E-state index in [-0.39, 0.29) is 17.8 Å². The van der Waals surface area contributed by atoms with Gasteiger partial charge in [-0.25, -0.2) is 9.18 Å². The van der Waals surface area contributed by atoms with Gasteiger partial charge in [0.2, 0.25) is 5.91 Å². The lowest BCUT2D eigenvalue weighted by Crippen LogP contribution is -2.59. The second-order valence-corrected chi connectivity index (χ2v) is 8.59. The highest BCUT2D eigenvalue weighted by Gasteiger charge is 2.42. The summed E-state index contributed by atoms with van der Waals surface area (Å²) in [6.45, 7) is 0.893. The topological polar surface area (TPSA) is 70.2 Å². The van der Waals surface area contributed by atoms with Gasteiger partial charge in [-0.1, -0.05) is 61.4 Å². The van der Waals surface area contributed by atoms with Crippen molar-refractivity contribution in [3.05, 3.63) is 71.5 Å². The van der Waals surface area contributed by atoms with Crippen molar-refractivity contribution in [3.63, 3.8) is 0 Å². The fourth-order valence-corrected chi connectivity index (χ4v) is 4.48. The fourth-order valence-electron chi connectivity index (χ4n) is 3.63. The molecular formula is C23H28FN3O2S. The number of hydrogen-bond donors (Lipinski definition) is 3. The molecule has 1 saturated carbocycles. The normalized spacial score (nSPS) is 14.8. The van der Waals surface area contributed by atoms with E-state index in [0.29, 0.717) is 43.0 Å². The third-order valence-electron chi connectivity index (χ3n) is 5.29. The zero-order valence-corrected chi connectivity index (χ0v) is 17.8. The molecule has 0 atom stereocenters. The smallest absolute Gasteiger partial charge is 0.315 e. The minimum Gasteiger partial charge on any atom is -0.353 e. The van der Waals surface area contributed by atoms with Crippen molar-refractivity contribution in [2.45, 2.75) is 43.5 Å². The number of hydrogen-bond acceptors (Lipinski definition) is 3. The molecule has 0 bridgehead atoms. The number of benzene rings is 2. The van der Waals surface area contributed by atoms with Gasteiger partial charge in [-0.15, -0.1) is 0 Å². The van der Waals surface area contributed by atoms with E-state index >= 15 is 0 Å². The van der Waals surface area contributed by atoms with Gasteiger partial charge in [0.1, 0.15) is 11.4 Å². The molecule has 7 heteroatoms. The van der Waals surface area contributed by atoms with Crippen LogP contribution in [0.15, 0.2) is 54.6 Å². The Labute approximate surface area is 181 Å². The number of halogens is 1. The summed E-state index contributed by atoms with van der Waals surface area (Å²) in [6, 6.07) is 16.0. The van der Waals surface area contributed by atoms with Crippen LogP contribution in [0.5, 0.6) is 0 Å². The van der Waals surface area contributed by atoms with Gasteiger partial charge in [0.25, 0.3) is 0 Å². The third kappa shape index (κ3) is 6.23. The first-order chi connectivity index (χ1) is 14.6. The maximum Gasteiger partial charge on any atom is 0.315 e. The maximum atomic E-state index is 13.6. The number of rotatable bonds is 9. The minimum absolute atomic E-state index is 0.138. The van der Waals surface area contributed by atoms with Crippen LogP contribution in [0.1, 0.15) is 36.8 Å². The number of amides is 3. The van der Waals surface area contributed by atoms with Crippen molar-refractivity contribution in [2.24, 2.45) is 0 Å². The second-order valence-electron chi connectivity index (χ2n) is 7.48. The molecule has 0 aliphatic heterocycles. The number of carbonyl (C=O) groups is 2. The first-order valence-electron chi connectivity index (χ1n) is 10.3. The van der Waals surface area contributed by atoms with Crippen LogP contribution in [0.25, 0.3) is 0 Å². The summed E-state index contributed by atoms with van der Waals surface area (Å²) >= 11 is 1.57. The zero-order valence-electron chi connectivity index (χ0n) is 17.0. The van der Waals surface area contributed by atoms with Crippen molar-refractivity contribution in [2.75, 3.05) is 12.3 Å². The second kappa shape index (κ2) is 11.0. The van der Waals surface area contributed by atoms with Crippen LogP contribution in [0.4, 0.5) is 9.18 Å². The van der Waals surface area contributed by atoms with Crippen molar-refractivity contribution in [1.29, 1.82) is 0 Å². The SMILES string of the molecule is O=C(NCc1ccccc1)NC1(C(=O)NCCSCc2ccccc2F)CCCC1. The molecule has 0 spiro atoms. The summed E-state index contributed by atoms with van der Waals surface area (Å²) in [5.74, 6) is 0.899. The predicted octanol–water partition coefficient (Wildman–Crippen LogP) is 3.99. The summed E-state index contributed by atoms with van der Waals surface area (Å²) in [5, 5.41) is 8.70. The van der Waals surface area contributed by atoms with E-state index < -0.39 is 5.54 Å². The Morgan fingerprint density at radius 2 is 1.67 bits per heavy atom. The van der Waals surface area contributed by atoms with Gasteiger partial charge in [0, 0.05) is 24.6 Å². The van der Waals surface area contributed by atoms with Crippen LogP contribution in [-0.2, 0) is 17.1 Å². The Bertz CT molecular complexity index is 841. The van der Waals surface area contributed by atoms with Crippen LogP contribution in [0.2, 0.25) is 0 Å². The van der Waals surface area contributed by atoms with Crippen molar-refractivity contribution < 1.29 is 14.0 Å². The van der Waals surface area contributed by atoms with Crippen molar-refractivity contribution in [1.82, 2.24) is 16.0 Å². The van der Waals surface area contributed by atoms with E-state index in [1.165, 1.54) is 6.07 Å². The Kier molecular flexibility index (Phi) is 8.13. The molecule has 30 heavy (non-hydrogen) atoms. The monoisotopic (exact) mass is 429 g/mol. The van der Waals surface area contributed by atoms with Crippen molar-refractivity contribution >= 4 is 23.7 Å². The molecule has 2 aromatic carbocycles. The Balaban J connectivity index is 1.43. The molecule has 0 unspecified atom stereocenters. The summed E-state index contributed by atoms with van der Waals surface area (Å²) in [7, 11) is 0. The summed E-state index contributed by atoms with van der Waals surface area (Å²) in [6.07, 6.45) is 3.10. The molecule has 5 nitrogen and oxygen atoms in total. The van der Waals surface area contributed by atoms with Gasteiger partial charge >= 0.3 is 6.03 Å². The molecule has 2 aromatic rings. The Morgan fingerprint density at radius 3 is 2.40 bits per heavy atom. The number of nitrogens with one attached hydrogen (secondary N) is 3. The Hall–Kier alpha value is -2.54. The first kappa shape index (κ1) is 22.2. The zero-order chi connectivity index (χ0) is 21.2. The first-order valence-corrected chi connectivity index (χ1v) is 11.4. The van der Waals surface area contributed by atoms with E-state index in [2.05, 4.69) is 16.0 Å². The van der Waals surface area contributed by atoms with Gasteiger partial charge < -0.3 is 16.0 Å². The molecule has 3 amide bonds. The van der Waals surface area contributed by atoms with Crippen molar-refractivity contribution in [3.8, 4) is 0 Å². The Morgan fingerprint density at radius 1 is 0.967 bits per heavy atom. The molecule has 0 saturated heterocycles. The largest absolute Gasteiger partial charge is 0.353 e. The molecule has 0 radical (unpaired) electrons. The summed E-state index contributed by atoms with van der Waals surface area (Å²) in [4.78, 5) is 25.2. The van der Waals surface area contributed by atoms with Crippen LogP contribution >= 0.6 is 11.8 Å². The quantitative estimate of drug-likeness (QED) is 0.528. The summed E-state index contributed by atoms with van der Waals surface area (Å²) in [5.41, 5.74) is 0.819. The highest BCUT2D eigenvalue weighted by Crippen LogP contribution is 2.30. The van der Waals surface area contributed by atoms with Gasteiger partial charge in [0.15, 0.2) is 0 Å². The predicted molar refractivity (Wildman–Crippen MR) is 119 cm³/mol. The van der Waals surface area contributed by atoms with Crippen LogP contribution in [-0.4, -0.2) is 29.8 Å². The van der Waals surface area contributed by atoms with E-state index in [0.717, 1.165) is 18.4 Å². The highest BCUT2D eigenvalue weighted by atomic mass is 32.2. The van der Waals surface area contributed by atoms with Crippen LogP contribution in [0, 0.1) is 5.82 Å². The van der Waals surface area contributed by atoms with Crippen LogP contribution in [0.3, 0.4) is 0 Å². The molecule has 1 aliphatic rings. The number of urea groups is 1.